The number of aromatic nitrogens is 2. The Morgan fingerprint density at radius 2 is 2.25 bits per heavy atom. The van der Waals surface area contributed by atoms with Crippen molar-refractivity contribution >= 4 is 28.5 Å². The zero-order valence-electron chi connectivity index (χ0n) is 14.8. The summed E-state index contributed by atoms with van der Waals surface area (Å²) in [4.78, 5) is 30.7. The molecule has 2 unspecified atom stereocenters. The van der Waals surface area contributed by atoms with E-state index < -0.39 is 22.3 Å². The third kappa shape index (κ3) is 3.37. The number of anilines is 1. The van der Waals surface area contributed by atoms with Crippen molar-refractivity contribution in [2.24, 2.45) is 0 Å². The van der Waals surface area contributed by atoms with E-state index in [0.29, 0.717) is 25.2 Å². The second-order valence-electron chi connectivity index (χ2n) is 6.46. The maximum absolute atomic E-state index is 12.7. The highest BCUT2D eigenvalue weighted by molar-refractivity contribution is 7.10. The first-order valence-electron chi connectivity index (χ1n) is 8.78. The summed E-state index contributed by atoms with van der Waals surface area (Å²) < 4.78 is 6.70. The number of nitro groups is 1. The summed E-state index contributed by atoms with van der Waals surface area (Å²) in [6.45, 7) is 0.992. The Hall–Kier alpha value is -2.82. The minimum absolute atomic E-state index is 0.0212. The summed E-state index contributed by atoms with van der Waals surface area (Å²) in [5.41, 5.74) is -0.965. The van der Waals surface area contributed by atoms with Crippen molar-refractivity contribution in [2.75, 3.05) is 24.7 Å². The smallest absolute Gasteiger partial charge is 0.376 e. The molecule has 10 heteroatoms. The SMILES string of the molecule is O=c1c([N+](=O)[O-])c(N2CCOCC2CC(O)c2cccs2)nc2ccccn12. The number of hydrogen-bond acceptors (Lipinski definition) is 8. The largest absolute Gasteiger partial charge is 0.387 e. The van der Waals surface area contributed by atoms with Gasteiger partial charge in [-0.05, 0) is 23.6 Å². The molecule has 28 heavy (non-hydrogen) atoms. The number of aliphatic hydroxyl groups excluding tert-OH is 1. The van der Waals surface area contributed by atoms with Crippen LogP contribution in [-0.2, 0) is 4.74 Å². The fourth-order valence-corrected chi connectivity index (χ4v) is 4.14. The Bertz CT molecular complexity index is 1050. The molecule has 2 atom stereocenters. The van der Waals surface area contributed by atoms with Gasteiger partial charge in [-0.2, -0.15) is 0 Å². The second kappa shape index (κ2) is 7.66. The summed E-state index contributed by atoms with van der Waals surface area (Å²) >= 11 is 1.44. The van der Waals surface area contributed by atoms with Crippen LogP contribution in [-0.4, -0.2) is 45.2 Å². The lowest BCUT2D eigenvalue weighted by Crippen LogP contribution is -2.47. The van der Waals surface area contributed by atoms with Gasteiger partial charge >= 0.3 is 11.2 Å². The molecule has 0 radical (unpaired) electrons. The van der Waals surface area contributed by atoms with E-state index in [2.05, 4.69) is 4.98 Å². The first-order chi connectivity index (χ1) is 13.6. The number of ether oxygens (including phenoxy) is 1. The molecule has 0 aliphatic carbocycles. The maximum atomic E-state index is 12.7. The summed E-state index contributed by atoms with van der Waals surface area (Å²) in [5, 5.41) is 24.1. The Kier molecular flexibility index (Phi) is 5.07. The number of rotatable bonds is 5. The number of morpholine rings is 1. The van der Waals surface area contributed by atoms with E-state index in [1.807, 2.05) is 17.5 Å². The van der Waals surface area contributed by atoms with Crippen LogP contribution >= 0.6 is 11.3 Å². The Morgan fingerprint density at radius 3 is 3.00 bits per heavy atom. The van der Waals surface area contributed by atoms with Gasteiger partial charge in [-0.15, -0.1) is 11.3 Å². The topological polar surface area (TPSA) is 110 Å². The molecule has 146 valence electrons. The van der Waals surface area contributed by atoms with Crippen LogP contribution in [0.25, 0.3) is 5.65 Å². The molecule has 4 rings (SSSR count). The molecular formula is C18H18N4O5S. The zero-order valence-corrected chi connectivity index (χ0v) is 15.6. The standard InChI is InChI=1S/C18H18N4O5S/c23-13(14-4-3-9-28-14)10-12-11-27-8-7-20(12)17-16(22(25)26)18(24)21-6-2-1-5-15(21)19-17/h1-6,9,12-13,23H,7-8,10-11H2. The van der Waals surface area contributed by atoms with E-state index in [0.717, 1.165) is 9.28 Å². The van der Waals surface area contributed by atoms with Gasteiger partial charge in [0.1, 0.15) is 5.65 Å². The molecule has 1 aliphatic heterocycles. The Labute approximate surface area is 163 Å². The molecule has 9 nitrogen and oxygen atoms in total. The van der Waals surface area contributed by atoms with Crippen LogP contribution in [0.2, 0.25) is 0 Å². The first-order valence-corrected chi connectivity index (χ1v) is 9.66. The number of thiophene rings is 1. The van der Waals surface area contributed by atoms with E-state index in [4.69, 9.17) is 4.74 Å². The molecule has 1 saturated heterocycles. The maximum Gasteiger partial charge on any atom is 0.376 e. The third-order valence-corrected chi connectivity index (χ3v) is 5.71. The molecule has 0 spiro atoms. The lowest BCUT2D eigenvalue weighted by molar-refractivity contribution is -0.385. The van der Waals surface area contributed by atoms with Crippen LogP contribution in [0, 0.1) is 10.1 Å². The molecule has 3 aromatic rings. The molecule has 1 aliphatic rings. The molecule has 0 aromatic carbocycles. The number of aliphatic hydroxyl groups is 1. The van der Waals surface area contributed by atoms with Gasteiger partial charge in [0.05, 0.1) is 30.3 Å². The minimum atomic E-state index is -0.727. The first kappa shape index (κ1) is 18.5. The molecule has 0 saturated carbocycles. The van der Waals surface area contributed by atoms with Crippen molar-refractivity contribution in [3.05, 3.63) is 67.3 Å². The number of fused-ring (bicyclic) bond motifs is 1. The lowest BCUT2D eigenvalue weighted by Gasteiger charge is -2.36. The third-order valence-electron chi connectivity index (χ3n) is 4.74. The van der Waals surface area contributed by atoms with Crippen molar-refractivity contribution < 1.29 is 14.8 Å². The number of pyridine rings is 1. The number of nitrogens with zero attached hydrogens (tertiary/aromatic N) is 4. The number of hydrogen-bond donors (Lipinski definition) is 1. The average molecular weight is 402 g/mol. The molecule has 4 heterocycles. The van der Waals surface area contributed by atoms with E-state index >= 15 is 0 Å². The van der Waals surface area contributed by atoms with E-state index in [1.165, 1.54) is 17.5 Å². The van der Waals surface area contributed by atoms with Crippen LogP contribution in [0.3, 0.4) is 0 Å². The Balaban J connectivity index is 1.76. The average Bonchev–Trinajstić information content (AvgIpc) is 3.23. The molecule has 1 N–H and O–H groups in total. The van der Waals surface area contributed by atoms with E-state index in [-0.39, 0.29) is 18.5 Å². The van der Waals surface area contributed by atoms with Gasteiger partial charge in [0.15, 0.2) is 0 Å². The highest BCUT2D eigenvalue weighted by atomic mass is 32.1. The van der Waals surface area contributed by atoms with Crippen LogP contribution in [0.1, 0.15) is 17.4 Å². The van der Waals surface area contributed by atoms with Crippen molar-refractivity contribution in [2.45, 2.75) is 18.6 Å². The quantitative estimate of drug-likeness (QED) is 0.513. The zero-order chi connectivity index (χ0) is 19.7. The molecular weight excluding hydrogens is 384 g/mol. The van der Waals surface area contributed by atoms with Gasteiger partial charge in [0.2, 0.25) is 5.82 Å². The fourth-order valence-electron chi connectivity index (χ4n) is 3.41. The monoisotopic (exact) mass is 402 g/mol. The van der Waals surface area contributed by atoms with Gasteiger partial charge in [-0.3, -0.25) is 19.3 Å². The van der Waals surface area contributed by atoms with Crippen LogP contribution in [0.5, 0.6) is 0 Å². The van der Waals surface area contributed by atoms with Crippen molar-refractivity contribution in [1.29, 1.82) is 0 Å². The highest BCUT2D eigenvalue weighted by Gasteiger charge is 2.34. The van der Waals surface area contributed by atoms with Crippen LogP contribution < -0.4 is 10.5 Å². The normalized spacial score (nSPS) is 18.3. The molecule has 1 fully saturated rings. The summed E-state index contributed by atoms with van der Waals surface area (Å²) in [6.07, 6.45) is 1.04. The van der Waals surface area contributed by atoms with Crippen LogP contribution in [0.4, 0.5) is 11.5 Å². The lowest BCUT2D eigenvalue weighted by atomic mass is 10.1. The van der Waals surface area contributed by atoms with Gasteiger partial charge < -0.3 is 14.7 Å². The summed E-state index contributed by atoms with van der Waals surface area (Å²) in [5.74, 6) is 0.0212. The minimum Gasteiger partial charge on any atom is -0.387 e. The van der Waals surface area contributed by atoms with Gasteiger partial charge in [0, 0.05) is 24.0 Å². The summed E-state index contributed by atoms with van der Waals surface area (Å²) in [6, 6.07) is 8.32. The van der Waals surface area contributed by atoms with E-state index in [1.54, 1.807) is 23.1 Å². The van der Waals surface area contributed by atoms with Crippen LogP contribution in [0.15, 0.2) is 46.7 Å². The van der Waals surface area contributed by atoms with Gasteiger partial charge in [0.25, 0.3) is 0 Å². The van der Waals surface area contributed by atoms with Crippen molar-refractivity contribution in [3.63, 3.8) is 0 Å². The molecule has 0 amide bonds. The second-order valence-corrected chi connectivity index (χ2v) is 7.44. The van der Waals surface area contributed by atoms with Crippen molar-refractivity contribution in [1.82, 2.24) is 9.38 Å². The predicted molar refractivity (Wildman–Crippen MR) is 104 cm³/mol. The van der Waals surface area contributed by atoms with Gasteiger partial charge in [-0.25, -0.2) is 4.98 Å². The predicted octanol–water partition coefficient (Wildman–Crippen LogP) is 1.99. The molecule has 3 aromatic heterocycles. The fraction of sp³-hybridized carbons (Fsp3) is 0.333. The molecule has 0 bridgehead atoms. The van der Waals surface area contributed by atoms with Crippen molar-refractivity contribution in [3.8, 4) is 0 Å². The van der Waals surface area contributed by atoms with Gasteiger partial charge in [-0.1, -0.05) is 12.1 Å². The van der Waals surface area contributed by atoms with E-state index in [9.17, 15) is 20.0 Å². The Morgan fingerprint density at radius 1 is 1.39 bits per heavy atom. The highest BCUT2D eigenvalue weighted by Crippen LogP contribution is 2.31. The summed E-state index contributed by atoms with van der Waals surface area (Å²) in [7, 11) is 0.